The van der Waals surface area contributed by atoms with Gasteiger partial charge in [0.05, 0.1) is 12.6 Å². The Labute approximate surface area is 70.6 Å². The van der Waals surface area contributed by atoms with Gasteiger partial charge >= 0.3 is 0 Å². The maximum Gasteiger partial charge on any atom is 0.299 e. The number of nitrogens with zero attached hydrogens (tertiary/aromatic N) is 1. The summed E-state index contributed by atoms with van der Waals surface area (Å²) in [5.41, 5.74) is 0. The van der Waals surface area contributed by atoms with E-state index in [0.29, 0.717) is 13.2 Å². The van der Waals surface area contributed by atoms with Crippen LogP contribution in [0.2, 0.25) is 0 Å². The highest BCUT2D eigenvalue weighted by atomic mass is 35.7. The van der Waals surface area contributed by atoms with Gasteiger partial charge in [-0.2, -0.15) is 12.7 Å². The Hall–Kier alpha value is 0.160. The second kappa shape index (κ2) is 3.26. The normalized spacial score (nSPS) is 26.3. The van der Waals surface area contributed by atoms with Crippen LogP contribution in [0.5, 0.6) is 0 Å². The van der Waals surface area contributed by atoms with Crippen molar-refractivity contribution in [2.24, 2.45) is 0 Å². The third-order valence-corrected chi connectivity index (χ3v) is 3.40. The lowest BCUT2D eigenvalue weighted by Crippen LogP contribution is -2.34. The second-order valence-electron chi connectivity index (χ2n) is 2.48. The molecule has 66 valence electrons. The van der Waals surface area contributed by atoms with Crippen LogP contribution in [0.25, 0.3) is 0 Å². The minimum absolute atomic E-state index is 0.0856. The van der Waals surface area contributed by atoms with Crippen LogP contribution < -0.4 is 0 Å². The van der Waals surface area contributed by atoms with Gasteiger partial charge in [0.15, 0.2) is 0 Å². The Bertz CT molecular complexity index is 222. The van der Waals surface area contributed by atoms with Gasteiger partial charge in [-0.25, -0.2) is 0 Å². The maximum atomic E-state index is 10.8. The molecular formula is C5H10ClNO3S. The Morgan fingerprint density at radius 3 is 2.64 bits per heavy atom. The van der Waals surface area contributed by atoms with E-state index >= 15 is 0 Å². The molecule has 1 rings (SSSR count). The molecule has 11 heavy (non-hydrogen) atoms. The number of ether oxygens (including phenoxy) is 1. The van der Waals surface area contributed by atoms with Crippen molar-refractivity contribution in [2.45, 2.75) is 12.5 Å². The summed E-state index contributed by atoms with van der Waals surface area (Å²) in [6, 6.07) is -0.0856. The van der Waals surface area contributed by atoms with E-state index in [1.165, 1.54) is 7.05 Å². The molecule has 0 amide bonds. The van der Waals surface area contributed by atoms with Crippen LogP contribution in [-0.2, 0) is 14.0 Å². The summed E-state index contributed by atoms with van der Waals surface area (Å²) in [7, 11) is 3.01. The van der Waals surface area contributed by atoms with Gasteiger partial charge in [0.2, 0.25) is 0 Å². The molecule has 1 fully saturated rings. The zero-order valence-electron chi connectivity index (χ0n) is 6.16. The highest BCUT2D eigenvalue weighted by Gasteiger charge is 2.27. The molecule has 0 bridgehead atoms. The number of rotatable bonds is 2. The van der Waals surface area contributed by atoms with Crippen LogP contribution >= 0.6 is 10.7 Å². The van der Waals surface area contributed by atoms with Crippen LogP contribution in [0.3, 0.4) is 0 Å². The molecule has 6 heteroatoms. The van der Waals surface area contributed by atoms with Gasteiger partial charge < -0.3 is 4.74 Å². The van der Waals surface area contributed by atoms with Crippen LogP contribution in [0.4, 0.5) is 0 Å². The number of likely N-dealkylation sites (N-methyl/N-ethyl adjacent to an activating group) is 1. The molecule has 1 saturated heterocycles. The summed E-state index contributed by atoms with van der Waals surface area (Å²) in [6.07, 6.45) is 0.725. The topological polar surface area (TPSA) is 46.6 Å². The molecule has 0 aromatic rings. The Morgan fingerprint density at radius 1 is 1.64 bits per heavy atom. The second-order valence-corrected chi connectivity index (χ2v) is 5.05. The third-order valence-electron chi connectivity index (χ3n) is 1.76. The molecule has 0 aromatic carbocycles. The fourth-order valence-corrected chi connectivity index (χ4v) is 1.85. The summed E-state index contributed by atoms with van der Waals surface area (Å²) in [6.45, 7) is 1.06. The molecule has 1 heterocycles. The molecular weight excluding hydrogens is 190 g/mol. The smallest absolute Gasteiger partial charge is 0.299 e. The lowest BCUT2D eigenvalue weighted by atomic mass is 10.3. The monoisotopic (exact) mass is 199 g/mol. The predicted octanol–water partition coefficient (Wildman–Crippen LogP) is 0.191. The van der Waals surface area contributed by atoms with Crippen molar-refractivity contribution in [3.8, 4) is 0 Å². The van der Waals surface area contributed by atoms with Crippen LogP contribution in [0.1, 0.15) is 6.42 Å². The molecule has 0 aromatic heterocycles. The summed E-state index contributed by atoms with van der Waals surface area (Å²) in [4.78, 5) is 0. The fourth-order valence-electron chi connectivity index (χ4n) is 0.987. The third kappa shape index (κ3) is 2.30. The van der Waals surface area contributed by atoms with Crippen molar-refractivity contribution < 1.29 is 13.2 Å². The van der Waals surface area contributed by atoms with E-state index in [-0.39, 0.29) is 6.04 Å². The predicted molar refractivity (Wildman–Crippen MR) is 41.8 cm³/mol. The van der Waals surface area contributed by atoms with Crippen molar-refractivity contribution in [2.75, 3.05) is 20.3 Å². The lowest BCUT2D eigenvalue weighted by molar-refractivity contribution is 0.181. The van der Waals surface area contributed by atoms with Gasteiger partial charge in [-0.05, 0) is 6.42 Å². The zero-order valence-corrected chi connectivity index (χ0v) is 7.73. The highest BCUT2D eigenvalue weighted by Crippen LogP contribution is 2.15. The van der Waals surface area contributed by atoms with E-state index in [2.05, 4.69) is 0 Å². The van der Waals surface area contributed by atoms with E-state index in [0.717, 1.165) is 10.7 Å². The van der Waals surface area contributed by atoms with E-state index in [1.807, 2.05) is 0 Å². The quantitative estimate of drug-likeness (QED) is 0.597. The van der Waals surface area contributed by atoms with Gasteiger partial charge in [0.1, 0.15) is 0 Å². The first-order valence-corrected chi connectivity index (χ1v) is 5.54. The van der Waals surface area contributed by atoms with Crippen molar-refractivity contribution in [1.29, 1.82) is 0 Å². The highest BCUT2D eigenvalue weighted by molar-refractivity contribution is 8.11. The molecule has 0 saturated carbocycles. The van der Waals surface area contributed by atoms with Crippen molar-refractivity contribution in [3.63, 3.8) is 0 Å². The average molecular weight is 200 g/mol. The Morgan fingerprint density at radius 2 is 2.27 bits per heavy atom. The van der Waals surface area contributed by atoms with Gasteiger partial charge in [-0.1, -0.05) is 0 Å². The standard InChI is InChI=1S/C5H10ClNO3S/c1-7(11(6,8)9)5-2-3-10-4-5/h5H,2-4H2,1H3. The SMILES string of the molecule is CN(C1CCOC1)S(=O)(=O)Cl. The summed E-state index contributed by atoms with van der Waals surface area (Å²) in [5, 5.41) is 0. The van der Waals surface area contributed by atoms with Crippen molar-refractivity contribution >= 4 is 19.9 Å². The van der Waals surface area contributed by atoms with Gasteiger partial charge in [0.25, 0.3) is 9.24 Å². The minimum Gasteiger partial charge on any atom is -0.380 e. The Kier molecular flexibility index (Phi) is 2.74. The minimum atomic E-state index is -3.56. The van der Waals surface area contributed by atoms with Gasteiger partial charge in [0, 0.05) is 24.3 Å². The molecule has 4 nitrogen and oxygen atoms in total. The number of hydrogen-bond donors (Lipinski definition) is 0. The molecule has 0 aliphatic carbocycles. The van der Waals surface area contributed by atoms with Crippen molar-refractivity contribution in [1.82, 2.24) is 4.31 Å². The maximum absolute atomic E-state index is 10.8. The summed E-state index contributed by atoms with van der Waals surface area (Å²) >= 11 is 0. The first kappa shape index (κ1) is 9.25. The van der Waals surface area contributed by atoms with E-state index in [1.54, 1.807) is 0 Å². The number of halogens is 1. The van der Waals surface area contributed by atoms with E-state index < -0.39 is 9.24 Å². The number of hydrogen-bond acceptors (Lipinski definition) is 3. The summed E-state index contributed by atoms with van der Waals surface area (Å²) in [5.74, 6) is 0. The zero-order chi connectivity index (χ0) is 8.48. The molecule has 1 atom stereocenters. The molecule has 0 spiro atoms. The van der Waals surface area contributed by atoms with Crippen molar-refractivity contribution in [3.05, 3.63) is 0 Å². The molecule has 1 aliphatic rings. The lowest BCUT2D eigenvalue weighted by Gasteiger charge is -2.17. The fraction of sp³-hybridized carbons (Fsp3) is 1.00. The first-order chi connectivity index (χ1) is 5.02. The van der Waals surface area contributed by atoms with Crippen LogP contribution in [-0.4, -0.2) is 39.0 Å². The van der Waals surface area contributed by atoms with E-state index in [4.69, 9.17) is 15.4 Å². The van der Waals surface area contributed by atoms with E-state index in [9.17, 15) is 8.42 Å². The molecule has 1 aliphatic heterocycles. The largest absolute Gasteiger partial charge is 0.380 e. The molecule has 0 radical (unpaired) electrons. The molecule has 1 unspecified atom stereocenters. The Balaban J connectivity index is 2.60. The van der Waals surface area contributed by atoms with Gasteiger partial charge in [-0.15, -0.1) is 0 Å². The van der Waals surface area contributed by atoms with Crippen LogP contribution in [0, 0.1) is 0 Å². The molecule has 0 N–H and O–H groups in total. The van der Waals surface area contributed by atoms with Crippen LogP contribution in [0.15, 0.2) is 0 Å². The average Bonchev–Trinajstić information content (AvgIpc) is 2.34. The van der Waals surface area contributed by atoms with Gasteiger partial charge in [-0.3, -0.25) is 0 Å². The first-order valence-electron chi connectivity index (χ1n) is 3.27. The summed E-state index contributed by atoms with van der Waals surface area (Å²) < 4.78 is 27.7.